The van der Waals surface area contributed by atoms with E-state index >= 15 is 0 Å². The first-order valence-corrected chi connectivity index (χ1v) is 7.47. The monoisotopic (exact) mass is 297 g/mol. The summed E-state index contributed by atoms with van der Waals surface area (Å²) in [4.78, 5) is 0. The maximum absolute atomic E-state index is 3.68. The van der Waals surface area contributed by atoms with Crippen LogP contribution >= 0.6 is 15.9 Å². The highest BCUT2D eigenvalue weighted by atomic mass is 79.9. The molecule has 2 atom stereocenters. The van der Waals surface area contributed by atoms with Gasteiger partial charge < -0.3 is 5.32 Å². The van der Waals surface area contributed by atoms with Gasteiger partial charge in [0.1, 0.15) is 0 Å². The third kappa shape index (κ3) is 4.81. The summed E-state index contributed by atoms with van der Waals surface area (Å²) in [5.41, 5.74) is 1.40. The van der Waals surface area contributed by atoms with E-state index < -0.39 is 0 Å². The normalized spacial score (nSPS) is 14.6. The summed E-state index contributed by atoms with van der Waals surface area (Å²) in [5, 5.41) is 3.68. The summed E-state index contributed by atoms with van der Waals surface area (Å²) in [6.45, 7) is 7.91. The van der Waals surface area contributed by atoms with Crippen molar-refractivity contribution in [1.82, 2.24) is 5.32 Å². The van der Waals surface area contributed by atoms with Crippen LogP contribution in [0.25, 0.3) is 0 Å². The van der Waals surface area contributed by atoms with Gasteiger partial charge in [-0.3, -0.25) is 0 Å². The molecule has 1 aromatic rings. The Morgan fingerprint density at radius 3 is 2.59 bits per heavy atom. The molecule has 0 amide bonds. The standard InChI is InChI=1S/C15H24BrN/c1-4-7-12(3)15(17-10-5-2)13-8-6-9-14(16)11-13/h6,8-9,11-12,15,17H,4-5,7,10H2,1-3H3. The molecule has 1 aromatic carbocycles. The fraction of sp³-hybridized carbons (Fsp3) is 0.600. The highest BCUT2D eigenvalue weighted by Crippen LogP contribution is 2.27. The van der Waals surface area contributed by atoms with Crippen molar-refractivity contribution in [3.63, 3.8) is 0 Å². The second-order valence-corrected chi connectivity index (χ2v) is 5.67. The zero-order chi connectivity index (χ0) is 12.7. The molecule has 0 aliphatic rings. The van der Waals surface area contributed by atoms with E-state index in [1.54, 1.807) is 0 Å². The van der Waals surface area contributed by atoms with Crippen molar-refractivity contribution in [1.29, 1.82) is 0 Å². The lowest BCUT2D eigenvalue weighted by Crippen LogP contribution is -2.27. The maximum Gasteiger partial charge on any atom is 0.0346 e. The Morgan fingerprint density at radius 2 is 2.00 bits per heavy atom. The Hall–Kier alpha value is -0.340. The van der Waals surface area contributed by atoms with Crippen molar-refractivity contribution < 1.29 is 0 Å². The van der Waals surface area contributed by atoms with Crippen molar-refractivity contribution in [3.05, 3.63) is 34.3 Å². The van der Waals surface area contributed by atoms with E-state index in [1.165, 1.54) is 29.3 Å². The molecule has 0 aromatic heterocycles. The van der Waals surface area contributed by atoms with Crippen LogP contribution in [0.1, 0.15) is 51.6 Å². The SMILES string of the molecule is CCCNC(c1cccc(Br)c1)C(C)CCC. The van der Waals surface area contributed by atoms with Gasteiger partial charge >= 0.3 is 0 Å². The molecule has 0 radical (unpaired) electrons. The van der Waals surface area contributed by atoms with Gasteiger partial charge in [-0.05, 0) is 43.0 Å². The van der Waals surface area contributed by atoms with Crippen LogP contribution < -0.4 is 5.32 Å². The third-order valence-corrected chi connectivity index (χ3v) is 3.63. The molecule has 0 spiro atoms. The average Bonchev–Trinajstić information content (AvgIpc) is 2.30. The molecular weight excluding hydrogens is 274 g/mol. The van der Waals surface area contributed by atoms with Gasteiger partial charge in [0.2, 0.25) is 0 Å². The largest absolute Gasteiger partial charge is 0.310 e. The van der Waals surface area contributed by atoms with Crippen LogP contribution in [0.2, 0.25) is 0 Å². The van der Waals surface area contributed by atoms with Crippen LogP contribution in [-0.2, 0) is 0 Å². The van der Waals surface area contributed by atoms with E-state index in [-0.39, 0.29) is 0 Å². The lowest BCUT2D eigenvalue weighted by molar-refractivity contribution is 0.363. The van der Waals surface area contributed by atoms with Crippen molar-refractivity contribution in [3.8, 4) is 0 Å². The number of hydrogen-bond donors (Lipinski definition) is 1. The second-order valence-electron chi connectivity index (χ2n) is 4.75. The van der Waals surface area contributed by atoms with E-state index in [0.29, 0.717) is 12.0 Å². The second kappa shape index (κ2) is 7.88. The molecule has 0 saturated carbocycles. The summed E-state index contributed by atoms with van der Waals surface area (Å²) < 4.78 is 1.17. The molecule has 96 valence electrons. The van der Waals surface area contributed by atoms with Crippen molar-refractivity contribution >= 4 is 15.9 Å². The molecule has 0 bridgehead atoms. The molecular formula is C15H24BrN. The van der Waals surface area contributed by atoms with Gasteiger partial charge in [0, 0.05) is 10.5 Å². The van der Waals surface area contributed by atoms with E-state index in [2.05, 4.69) is 66.3 Å². The average molecular weight is 298 g/mol. The minimum absolute atomic E-state index is 0.479. The number of rotatable bonds is 7. The van der Waals surface area contributed by atoms with Gasteiger partial charge in [-0.2, -0.15) is 0 Å². The van der Waals surface area contributed by atoms with E-state index in [1.807, 2.05) is 0 Å². The molecule has 0 aliphatic carbocycles. The van der Waals surface area contributed by atoms with Gasteiger partial charge in [0.15, 0.2) is 0 Å². The molecule has 2 unspecified atom stereocenters. The molecule has 1 N–H and O–H groups in total. The first kappa shape index (κ1) is 14.7. The minimum Gasteiger partial charge on any atom is -0.310 e. The minimum atomic E-state index is 0.479. The summed E-state index contributed by atoms with van der Waals surface area (Å²) in [5.74, 6) is 0.681. The molecule has 0 heterocycles. The molecule has 0 aliphatic heterocycles. The van der Waals surface area contributed by atoms with E-state index in [0.717, 1.165) is 6.54 Å². The molecule has 1 rings (SSSR count). The first-order valence-electron chi connectivity index (χ1n) is 6.67. The lowest BCUT2D eigenvalue weighted by atomic mass is 9.91. The van der Waals surface area contributed by atoms with Crippen LogP contribution in [-0.4, -0.2) is 6.54 Å². The lowest BCUT2D eigenvalue weighted by Gasteiger charge is -2.25. The third-order valence-electron chi connectivity index (χ3n) is 3.14. The van der Waals surface area contributed by atoms with E-state index in [4.69, 9.17) is 0 Å². The number of benzene rings is 1. The number of nitrogens with one attached hydrogen (secondary N) is 1. The topological polar surface area (TPSA) is 12.0 Å². The highest BCUT2D eigenvalue weighted by molar-refractivity contribution is 9.10. The first-order chi connectivity index (χ1) is 8.19. The zero-order valence-electron chi connectivity index (χ0n) is 11.2. The van der Waals surface area contributed by atoms with Crippen molar-refractivity contribution in [2.45, 2.75) is 46.1 Å². The van der Waals surface area contributed by atoms with E-state index in [9.17, 15) is 0 Å². The fourth-order valence-corrected chi connectivity index (χ4v) is 2.69. The van der Waals surface area contributed by atoms with Crippen LogP contribution in [0.5, 0.6) is 0 Å². The fourth-order valence-electron chi connectivity index (χ4n) is 2.27. The number of halogens is 1. The van der Waals surface area contributed by atoms with Crippen molar-refractivity contribution in [2.75, 3.05) is 6.54 Å². The smallest absolute Gasteiger partial charge is 0.0346 e. The van der Waals surface area contributed by atoms with Gasteiger partial charge in [-0.15, -0.1) is 0 Å². The Labute approximate surface area is 114 Å². The van der Waals surface area contributed by atoms with Gasteiger partial charge in [-0.1, -0.05) is 55.3 Å². The van der Waals surface area contributed by atoms with Crippen LogP contribution in [0.4, 0.5) is 0 Å². The molecule has 17 heavy (non-hydrogen) atoms. The molecule has 0 fully saturated rings. The summed E-state index contributed by atoms with van der Waals surface area (Å²) in [6.07, 6.45) is 3.71. The van der Waals surface area contributed by atoms with Crippen molar-refractivity contribution in [2.24, 2.45) is 5.92 Å². The van der Waals surface area contributed by atoms with Crippen LogP contribution in [0.15, 0.2) is 28.7 Å². The Bertz CT molecular complexity index is 324. The molecule has 0 saturated heterocycles. The molecule has 2 heteroatoms. The van der Waals surface area contributed by atoms with Crippen LogP contribution in [0, 0.1) is 5.92 Å². The zero-order valence-corrected chi connectivity index (χ0v) is 12.8. The maximum atomic E-state index is 3.68. The summed E-state index contributed by atoms with van der Waals surface area (Å²) in [7, 11) is 0. The Morgan fingerprint density at radius 1 is 1.24 bits per heavy atom. The predicted molar refractivity (Wildman–Crippen MR) is 79.2 cm³/mol. The van der Waals surface area contributed by atoms with Gasteiger partial charge in [0.25, 0.3) is 0 Å². The Balaban J connectivity index is 2.81. The quantitative estimate of drug-likeness (QED) is 0.753. The Kier molecular flexibility index (Phi) is 6.83. The summed E-state index contributed by atoms with van der Waals surface area (Å²) >= 11 is 3.56. The summed E-state index contributed by atoms with van der Waals surface area (Å²) in [6, 6.07) is 9.15. The highest BCUT2D eigenvalue weighted by Gasteiger charge is 2.17. The van der Waals surface area contributed by atoms with Gasteiger partial charge in [0.05, 0.1) is 0 Å². The van der Waals surface area contributed by atoms with Crippen LogP contribution in [0.3, 0.4) is 0 Å². The predicted octanol–water partition coefficient (Wildman–Crippen LogP) is 4.93. The number of hydrogen-bond acceptors (Lipinski definition) is 1. The van der Waals surface area contributed by atoms with Gasteiger partial charge in [-0.25, -0.2) is 0 Å². The molecule has 1 nitrogen and oxygen atoms in total.